The van der Waals surface area contributed by atoms with E-state index in [1.165, 1.54) is 24.3 Å². The van der Waals surface area contributed by atoms with Gasteiger partial charge in [0.15, 0.2) is 0 Å². The zero-order chi connectivity index (χ0) is 23.7. The third-order valence-electron chi connectivity index (χ3n) is 5.17. The lowest BCUT2D eigenvalue weighted by Gasteiger charge is -2.09. The van der Waals surface area contributed by atoms with Gasteiger partial charge in [-0.25, -0.2) is 0 Å². The first-order chi connectivity index (χ1) is 15.2. The third-order valence-corrected chi connectivity index (χ3v) is 5.17. The molecule has 0 atom stereocenters. The normalized spacial score (nSPS) is 10.4. The number of amides is 2. The second kappa shape index (κ2) is 11.5. The van der Waals surface area contributed by atoms with Crippen LogP contribution in [0.15, 0.2) is 36.4 Å². The molecule has 0 aromatic heterocycles. The van der Waals surface area contributed by atoms with Crippen molar-refractivity contribution in [1.29, 1.82) is 0 Å². The molecule has 0 aliphatic carbocycles. The van der Waals surface area contributed by atoms with Gasteiger partial charge in [0.2, 0.25) is 0 Å². The van der Waals surface area contributed by atoms with E-state index < -0.39 is 9.85 Å². The summed E-state index contributed by atoms with van der Waals surface area (Å²) in [6.07, 6.45) is 3.13. The summed E-state index contributed by atoms with van der Waals surface area (Å²) in [6, 6.07) is 8.83. The molecule has 32 heavy (non-hydrogen) atoms. The van der Waals surface area contributed by atoms with Gasteiger partial charge in [-0.05, 0) is 38.8 Å². The van der Waals surface area contributed by atoms with Crippen molar-refractivity contribution in [3.63, 3.8) is 0 Å². The van der Waals surface area contributed by atoms with E-state index in [2.05, 4.69) is 10.6 Å². The summed E-state index contributed by atoms with van der Waals surface area (Å²) >= 11 is 0. The number of nitrogens with zero attached hydrogens (tertiary/aromatic N) is 2. The predicted octanol–water partition coefficient (Wildman–Crippen LogP) is 3.84. The molecule has 2 aromatic carbocycles. The number of unbranched alkanes of at least 4 members (excludes halogenated alkanes) is 3. The van der Waals surface area contributed by atoms with E-state index in [4.69, 9.17) is 0 Å². The maximum absolute atomic E-state index is 12.3. The third kappa shape index (κ3) is 6.34. The number of carbonyl (C=O) groups is 2. The Morgan fingerprint density at radius 1 is 0.719 bits per heavy atom. The Balaban J connectivity index is 1.67. The van der Waals surface area contributed by atoms with Crippen LogP contribution in [0.25, 0.3) is 0 Å². The summed E-state index contributed by atoms with van der Waals surface area (Å²) in [7, 11) is 0. The lowest BCUT2D eigenvalue weighted by Crippen LogP contribution is -2.26. The first-order valence-corrected chi connectivity index (χ1v) is 10.3. The zero-order valence-electron chi connectivity index (χ0n) is 18.1. The van der Waals surface area contributed by atoms with Crippen LogP contribution in [0, 0.1) is 34.1 Å². The SMILES string of the molecule is Cc1c(C(=O)NCCCCCCNC(=O)c2cccc([N+](=O)[O-])c2C)cccc1[N+](=O)[O-]. The Labute approximate surface area is 185 Å². The molecule has 0 saturated heterocycles. The minimum absolute atomic E-state index is 0.0833. The standard InChI is InChI=1S/C22H26N4O6/c1-15-17(9-7-11-19(15)25(29)30)21(27)23-13-5-3-4-6-14-24-22(28)18-10-8-12-20(16(18)2)26(31)32/h7-12H,3-6,13-14H2,1-2H3,(H,23,27)(H,24,28). The van der Waals surface area contributed by atoms with Crippen molar-refractivity contribution in [2.24, 2.45) is 0 Å². The number of benzene rings is 2. The van der Waals surface area contributed by atoms with Gasteiger partial charge in [-0.3, -0.25) is 29.8 Å². The average molecular weight is 442 g/mol. The molecule has 2 amide bonds. The Bertz CT molecular complexity index is 940. The monoisotopic (exact) mass is 442 g/mol. The number of carbonyl (C=O) groups excluding carboxylic acids is 2. The first-order valence-electron chi connectivity index (χ1n) is 10.3. The number of rotatable bonds is 11. The molecule has 0 aliphatic heterocycles. The van der Waals surface area contributed by atoms with Crippen LogP contribution in [0.5, 0.6) is 0 Å². The summed E-state index contributed by atoms with van der Waals surface area (Å²) in [6.45, 7) is 3.99. The van der Waals surface area contributed by atoms with Gasteiger partial charge in [-0.15, -0.1) is 0 Å². The molecule has 0 radical (unpaired) electrons. The van der Waals surface area contributed by atoms with Gasteiger partial charge >= 0.3 is 0 Å². The van der Waals surface area contributed by atoms with Crippen molar-refractivity contribution in [1.82, 2.24) is 10.6 Å². The molecule has 10 nitrogen and oxygen atoms in total. The molecule has 2 rings (SSSR count). The van der Waals surface area contributed by atoms with E-state index in [-0.39, 0.29) is 23.2 Å². The zero-order valence-corrected chi connectivity index (χ0v) is 18.1. The number of nitrogens with one attached hydrogen (secondary N) is 2. The lowest BCUT2D eigenvalue weighted by atomic mass is 10.1. The van der Waals surface area contributed by atoms with E-state index >= 15 is 0 Å². The van der Waals surface area contributed by atoms with Crippen molar-refractivity contribution < 1.29 is 19.4 Å². The molecule has 0 heterocycles. The van der Waals surface area contributed by atoms with E-state index in [1.807, 2.05) is 0 Å². The van der Waals surface area contributed by atoms with Crippen LogP contribution in [0.2, 0.25) is 0 Å². The van der Waals surface area contributed by atoms with Gasteiger partial charge in [0, 0.05) is 47.5 Å². The maximum atomic E-state index is 12.3. The average Bonchev–Trinajstić information content (AvgIpc) is 2.75. The highest BCUT2D eigenvalue weighted by Crippen LogP contribution is 2.22. The number of hydrogen-bond acceptors (Lipinski definition) is 6. The largest absolute Gasteiger partial charge is 0.352 e. The summed E-state index contributed by atoms with van der Waals surface area (Å²) < 4.78 is 0. The predicted molar refractivity (Wildman–Crippen MR) is 119 cm³/mol. The molecule has 0 bridgehead atoms. The minimum Gasteiger partial charge on any atom is -0.352 e. The van der Waals surface area contributed by atoms with Gasteiger partial charge in [0.05, 0.1) is 9.85 Å². The van der Waals surface area contributed by atoms with Crippen LogP contribution in [-0.4, -0.2) is 34.8 Å². The van der Waals surface area contributed by atoms with E-state index in [1.54, 1.807) is 26.0 Å². The summed E-state index contributed by atoms with van der Waals surface area (Å²) in [5.74, 6) is -0.684. The fourth-order valence-corrected chi connectivity index (χ4v) is 3.33. The molecule has 0 fully saturated rings. The Morgan fingerprint density at radius 2 is 1.09 bits per heavy atom. The Hall–Kier alpha value is -3.82. The van der Waals surface area contributed by atoms with Gasteiger partial charge < -0.3 is 10.6 Å². The molecular formula is C22H26N4O6. The molecule has 10 heteroatoms. The molecule has 0 spiro atoms. The second-order valence-electron chi connectivity index (χ2n) is 7.34. The number of hydrogen-bond donors (Lipinski definition) is 2. The highest BCUT2D eigenvalue weighted by molar-refractivity contribution is 5.97. The van der Waals surface area contributed by atoms with Crippen LogP contribution < -0.4 is 10.6 Å². The van der Waals surface area contributed by atoms with Crippen molar-refractivity contribution in [3.8, 4) is 0 Å². The first kappa shape index (κ1) is 24.4. The number of nitro benzene ring substituents is 2. The van der Waals surface area contributed by atoms with Gasteiger partial charge in [-0.2, -0.15) is 0 Å². The fourth-order valence-electron chi connectivity index (χ4n) is 3.33. The smallest absolute Gasteiger partial charge is 0.273 e. The molecule has 0 saturated carbocycles. The van der Waals surface area contributed by atoms with Crippen molar-refractivity contribution >= 4 is 23.2 Å². The summed E-state index contributed by atoms with van der Waals surface area (Å²) in [5.41, 5.74) is 1.09. The van der Waals surface area contributed by atoms with Gasteiger partial charge in [-0.1, -0.05) is 25.0 Å². The molecule has 2 N–H and O–H groups in total. The van der Waals surface area contributed by atoms with Crippen LogP contribution >= 0.6 is 0 Å². The van der Waals surface area contributed by atoms with Gasteiger partial charge in [0.25, 0.3) is 23.2 Å². The van der Waals surface area contributed by atoms with Crippen LogP contribution in [0.3, 0.4) is 0 Å². The van der Waals surface area contributed by atoms with Crippen LogP contribution in [0.1, 0.15) is 57.5 Å². The topological polar surface area (TPSA) is 144 Å². The molecule has 0 unspecified atom stereocenters. The van der Waals surface area contributed by atoms with Crippen molar-refractivity contribution in [3.05, 3.63) is 78.9 Å². The Kier molecular flexibility index (Phi) is 8.82. The molecule has 170 valence electrons. The van der Waals surface area contributed by atoms with E-state index in [9.17, 15) is 29.8 Å². The highest BCUT2D eigenvalue weighted by atomic mass is 16.6. The van der Waals surface area contributed by atoms with E-state index in [0.29, 0.717) is 35.3 Å². The molecule has 2 aromatic rings. The summed E-state index contributed by atoms with van der Waals surface area (Å²) in [4.78, 5) is 45.5. The quantitative estimate of drug-likeness (QED) is 0.307. The van der Waals surface area contributed by atoms with E-state index in [0.717, 1.165) is 25.7 Å². The van der Waals surface area contributed by atoms with Crippen molar-refractivity contribution in [2.45, 2.75) is 39.5 Å². The molecule has 0 aliphatic rings. The fraction of sp³-hybridized carbons (Fsp3) is 0.364. The number of nitro groups is 2. The molecular weight excluding hydrogens is 416 g/mol. The minimum atomic E-state index is -0.509. The van der Waals surface area contributed by atoms with Gasteiger partial charge in [0.1, 0.15) is 0 Å². The highest BCUT2D eigenvalue weighted by Gasteiger charge is 2.18. The van der Waals surface area contributed by atoms with Crippen molar-refractivity contribution in [2.75, 3.05) is 13.1 Å². The lowest BCUT2D eigenvalue weighted by molar-refractivity contribution is -0.385. The maximum Gasteiger partial charge on any atom is 0.273 e. The second-order valence-corrected chi connectivity index (χ2v) is 7.34. The van der Waals surface area contributed by atoms with Crippen LogP contribution in [-0.2, 0) is 0 Å². The Morgan fingerprint density at radius 3 is 1.44 bits per heavy atom. The van der Waals surface area contributed by atoms with Crippen LogP contribution in [0.4, 0.5) is 11.4 Å². The summed E-state index contributed by atoms with van der Waals surface area (Å²) in [5, 5.41) is 27.5.